The van der Waals surface area contributed by atoms with Crippen LogP contribution in [-0.4, -0.2) is 25.7 Å². The minimum atomic E-state index is -1.64. The van der Waals surface area contributed by atoms with Crippen LogP contribution in [0, 0.1) is 18.6 Å². The zero-order valence-electron chi connectivity index (χ0n) is 20.2. The van der Waals surface area contributed by atoms with E-state index in [0.29, 0.717) is 23.4 Å². The van der Waals surface area contributed by atoms with Crippen molar-refractivity contribution in [3.63, 3.8) is 0 Å². The molecule has 2 aromatic heterocycles. The molecule has 2 heterocycles. The van der Waals surface area contributed by atoms with Crippen LogP contribution in [0.2, 0.25) is 5.02 Å². The number of allylic oxidation sites excluding steroid dienone is 2. The zero-order valence-corrected chi connectivity index (χ0v) is 21.8. The van der Waals surface area contributed by atoms with Crippen LogP contribution in [0.25, 0.3) is 6.20 Å². The molecule has 0 radical (unpaired) electrons. The van der Waals surface area contributed by atoms with Gasteiger partial charge in [0.1, 0.15) is 22.4 Å². The lowest BCUT2D eigenvalue weighted by Crippen LogP contribution is -2.21. The van der Waals surface area contributed by atoms with Crippen molar-refractivity contribution in [2.24, 2.45) is 4.99 Å². The van der Waals surface area contributed by atoms with Crippen molar-refractivity contribution in [3.8, 4) is 0 Å². The fourth-order valence-electron chi connectivity index (χ4n) is 4.19. The van der Waals surface area contributed by atoms with Crippen molar-refractivity contribution in [1.82, 2.24) is 9.55 Å². The van der Waals surface area contributed by atoms with Crippen molar-refractivity contribution < 1.29 is 17.4 Å². The average molecular weight is 546 g/mol. The Hall–Kier alpha value is -3.30. The maximum absolute atomic E-state index is 15.6. The Kier molecular flexibility index (Phi) is 7.94. The third-order valence-corrected chi connectivity index (χ3v) is 7.40. The zero-order chi connectivity index (χ0) is 26.9. The molecule has 192 valence electrons. The van der Waals surface area contributed by atoms with Gasteiger partial charge in [-0.1, -0.05) is 23.7 Å². The minimum Gasteiger partial charge on any atom is -0.284 e. The second-order valence-corrected chi connectivity index (χ2v) is 10.3. The van der Waals surface area contributed by atoms with Gasteiger partial charge in [0.2, 0.25) is 0 Å². The number of benzene rings is 1. The summed E-state index contributed by atoms with van der Waals surface area (Å²) in [5.74, 6) is -2.68. The smallest absolute Gasteiger partial charge is 0.273 e. The lowest BCUT2D eigenvalue weighted by atomic mass is 10.1. The summed E-state index contributed by atoms with van der Waals surface area (Å²) in [4.78, 5) is 21.2. The summed E-state index contributed by atoms with van der Waals surface area (Å²) in [7, 11) is -1.64. The van der Waals surface area contributed by atoms with E-state index >= 15 is 8.78 Å². The summed E-state index contributed by atoms with van der Waals surface area (Å²) in [6, 6.07) is 8.61. The van der Waals surface area contributed by atoms with Gasteiger partial charge in [-0.2, -0.15) is 0 Å². The lowest BCUT2D eigenvalue weighted by Gasteiger charge is -2.12. The number of rotatable bonds is 7. The van der Waals surface area contributed by atoms with Crippen LogP contribution in [0.1, 0.15) is 47.7 Å². The monoisotopic (exact) mass is 545 g/mol. The predicted octanol–water partition coefficient (Wildman–Crippen LogP) is 6.28. The van der Waals surface area contributed by atoms with Crippen molar-refractivity contribution in [2.75, 3.05) is 6.26 Å². The molecule has 0 spiro atoms. The van der Waals surface area contributed by atoms with Crippen LogP contribution < -0.4 is 5.56 Å². The minimum absolute atomic E-state index is 0.0949. The number of hydrogen-bond acceptors (Lipinski definition) is 4. The summed E-state index contributed by atoms with van der Waals surface area (Å²) >= 11 is 6.41. The van der Waals surface area contributed by atoms with Crippen LogP contribution in [0.4, 0.5) is 13.2 Å². The van der Waals surface area contributed by atoms with E-state index in [-0.39, 0.29) is 33.0 Å². The Balaban J connectivity index is 1.74. The van der Waals surface area contributed by atoms with Crippen LogP contribution in [0.3, 0.4) is 0 Å². The highest BCUT2D eigenvalue weighted by atomic mass is 35.5. The van der Waals surface area contributed by atoms with Crippen molar-refractivity contribution in [3.05, 3.63) is 110 Å². The Morgan fingerprint density at radius 3 is 2.68 bits per heavy atom. The Morgan fingerprint density at radius 1 is 1.24 bits per heavy atom. The second-order valence-electron chi connectivity index (χ2n) is 8.56. The van der Waals surface area contributed by atoms with E-state index in [4.69, 9.17) is 11.6 Å². The fraction of sp³-hybridized carbons (Fsp3) is 0.222. The molecule has 4 rings (SSSR count). The van der Waals surface area contributed by atoms with Gasteiger partial charge in [0, 0.05) is 35.8 Å². The van der Waals surface area contributed by atoms with Crippen molar-refractivity contribution in [2.45, 2.75) is 37.0 Å². The molecule has 0 amide bonds. The molecule has 3 unspecified atom stereocenters. The largest absolute Gasteiger partial charge is 0.284 e. The second kappa shape index (κ2) is 11.0. The van der Waals surface area contributed by atoms with Gasteiger partial charge < -0.3 is 0 Å². The summed E-state index contributed by atoms with van der Waals surface area (Å²) in [5, 5.41) is -0.111. The molecule has 0 bridgehead atoms. The quantitative estimate of drug-likeness (QED) is 0.328. The molecule has 0 saturated heterocycles. The standard InChI is InChI=1S/C27H23ClF3N3O2S/c1-4-10-32-25(16-7-5-9-22(24(16)31)37(3)36)21(30)14-34-15(2)12-18(23(28)27(34)35)17-13-19(17)26-20(29)8-6-11-33-26/h4-12,14,17,19H,13H2,1-3H3/b10-4+,21-14-,32-25+. The van der Waals surface area contributed by atoms with Gasteiger partial charge in [-0.15, -0.1) is 0 Å². The van der Waals surface area contributed by atoms with E-state index in [2.05, 4.69) is 9.98 Å². The van der Waals surface area contributed by atoms with E-state index in [0.717, 1.165) is 10.8 Å². The van der Waals surface area contributed by atoms with E-state index in [1.54, 1.807) is 19.9 Å². The van der Waals surface area contributed by atoms with Crippen LogP contribution in [0.5, 0.6) is 0 Å². The number of pyridine rings is 2. The number of hydrogen-bond donors (Lipinski definition) is 0. The molecule has 0 N–H and O–H groups in total. The Labute approximate surface area is 219 Å². The van der Waals surface area contributed by atoms with Crippen LogP contribution in [-0.2, 0) is 10.8 Å². The molecule has 1 aliphatic carbocycles. The maximum atomic E-state index is 15.6. The maximum Gasteiger partial charge on any atom is 0.273 e. The highest BCUT2D eigenvalue weighted by Crippen LogP contribution is 2.55. The van der Waals surface area contributed by atoms with Gasteiger partial charge in [0.25, 0.3) is 5.56 Å². The molecule has 3 atom stereocenters. The molecular formula is C27H23ClF3N3O2S. The first-order valence-electron chi connectivity index (χ1n) is 11.4. The molecule has 5 nitrogen and oxygen atoms in total. The third kappa shape index (κ3) is 5.38. The van der Waals surface area contributed by atoms with Gasteiger partial charge in [-0.05, 0) is 62.1 Å². The highest BCUT2D eigenvalue weighted by molar-refractivity contribution is 7.84. The van der Waals surface area contributed by atoms with Gasteiger partial charge in [0.15, 0.2) is 5.83 Å². The SMILES string of the molecule is C/C=C/N=C(/C(F)=C/n1c(C)cc(C2CC2c2ncccc2F)c(Cl)c1=O)c1cccc(S(C)=O)c1F. The van der Waals surface area contributed by atoms with E-state index < -0.39 is 33.8 Å². The Morgan fingerprint density at radius 2 is 2.00 bits per heavy atom. The summed E-state index contributed by atoms with van der Waals surface area (Å²) in [5.41, 5.74) is -0.0163. The summed E-state index contributed by atoms with van der Waals surface area (Å²) in [6.07, 6.45) is 7.12. The number of aliphatic imine (C=N–C) groups is 1. The third-order valence-electron chi connectivity index (χ3n) is 6.08. The predicted molar refractivity (Wildman–Crippen MR) is 140 cm³/mol. The normalized spacial score (nSPS) is 18.9. The molecule has 1 aliphatic rings. The molecule has 1 fully saturated rings. The molecule has 1 aromatic carbocycles. The average Bonchev–Trinajstić information content (AvgIpc) is 3.65. The van der Waals surface area contributed by atoms with E-state index in [1.807, 2.05) is 0 Å². The van der Waals surface area contributed by atoms with Crippen LogP contribution >= 0.6 is 11.6 Å². The number of halogens is 4. The van der Waals surface area contributed by atoms with Crippen LogP contribution in [0.15, 0.2) is 75.4 Å². The molecule has 10 heteroatoms. The first kappa shape index (κ1) is 26.8. The highest BCUT2D eigenvalue weighted by Gasteiger charge is 2.43. The molecular weight excluding hydrogens is 523 g/mol. The van der Waals surface area contributed by atoms with E-state index in [9.17, 15) is 13.4 Å². The first-order valence-corrected chi connectivity index (χ1v) is 13.3. The van der Waals surface area contributed by atoms with Crippen molar-refractivity contribution in [1.29, 1.82) is 0 Å². The van der Waals surface area contributed by atoms with E-state index in [1.165, 1.54) is 55.1 Å². The molecule has 1 saturated carbocycles. The molecule has 0 aliphatic heterocycles. The lowest BCUT2D eigenvalue weighted by molar-refractivity contribution is 0.591. The topological polar surface area (TPSA) is 64.3 Å². The fourth-order valence-corrected chi connectivity index (χ4v) is 5.11. The van der Waals surface area contributed by atoms with Gasteiger partial charge in [-0.25, -0.2) is 13.2 Å². The van der Waals surface area contributed by atoms with Gasteiger partial charge in [0.05, 0.1) is 27.6 Å². The summed E-state index contributed by atoms with van der Waals surface area (Å²) < 4.78 is 57.7. The number of aromatic nitrogens is 2. The number of aryl methyl sites for hydroxylation is 1. The van der Waals surface area contributed by atoms with Crippen molar-refractivity contribution >= 4 is 34.3 Å². The summed E-state index contributed by atoms with van der Waals surface area (Å²) in [6.45, 7) is 3.26. The van der Waals surface area contributed by atoms with Gasteiger partial charge in [-0.3, -0.25) is 23.5 Å². The Bertz CT molecular complexity index is 1550. The van der Waals surface area contributed by atoms with Gasteiger partial charge >= 0.3 is 0 Å². The molecule has 3 aromatic rings. The number of nitrogens with zero attached hydrogens (tertiary/aromatic N) is 3. The molecule has 37 heavy (non-hydrogen) atoms. The first-order chi connectivity index (χ1) is 17.6.